The van der Waals surface area contributed by atoms with Crippen LogP contribution in [0.3, 0.4) is 0 Å². The van der Waals surface area contributed by atoms with Gasteiger partial charge in [0.05, 0.1) is 0 Å². The maximum Gasteiger partial charge on any atom is 0.0402 e. The Morgan fingerprint density at radius 2 is 2.09 bits per heavy atom. The number of halogens is 1. The molecule has 0 aromatic rings. The molecule has 0 saturated carbocycles. The van der Waals surface area contributed by atoms with Gasteiger partial charge in [-0.05, 0) is 27.1 Å². The zero-order valence-electron chi connectivity index (χ0n) is 7.08. The van der Waals surface area contributed by atoms with E-state index >= 15 is 0 Å². The largest absolute Gasteiger partial charge is 0.309 e. The summed E-state index contributed by atoms with van der Waals surface area (Å²) in [4.78, 5) is 6.09. The third-order valence-corrected chi connectivity index (χ3v) is 1.07. The van der Waals surface area contributed by atoms with E-state index in [0.29, 0.717) is 0 Å². The lowest BCUT2D eigenvalue weighted by molar-refractivity contribution is 0.403. The van der Waals surface area contributed by atoms with Crippen molar-refractivity contribution in [2.24, 2.45) is 4.99 Å². The summed E-state index contributed by atoms with van der Waals surface area (Å²) in [7, 11) is 4.08. The molecule has 66 valence electrons. The van der Waals surface area contributed by atoms with Crippen molar-refractivity contribution in [3.05, 3.63) is 0 Å². The van der Waals surface area contributed by atoms with Crippen molar-refractivity contribution in [2.45, 2.75) is 6.42 Å². The van der Waals surface area contributed by atoms with Crippen LogP contribution >= 0.6 is 12.4 Å². The molecule has 0 radical (unpaired) electrons. The van der Waals surface area contributed by atoms with E-state index < -0.39 is 0 Å². The van der Waals surface area contributed by atoms with Crippen molar-refractivity contribution in [1.82, 2.24) is 4.90 Å². The molecule has 0 atom stereocenters. The Hall–Kier alpha value is -0.410. The number of rotatable bonds is 5. The maximum absolute atomic E-state index is 6.64. The van der Waals surface area contributed by atoms with Crippen molar-refractivity contribution >= 4 is 24.8 Å². The summed E-state index contributed by atoms with van der Waals surface area (Å²) in [6.45, 7) is 1.89. The van der Waals surface area contributed by atoms with Crippen LogP contribution < -0.4 is 0 Å². The lowest BCUT2D eigenvalue weighted by Crippen LogP contribution is -2.13. The van der Waals surface area contributed by atoms with Crippen molar-refractivity contribution in [3.8, 4) is 0 Å². The third kappa shape index (κ3) is 12.7. The molecule has 0 saturated heterocycles. The van der Waals surface area contributed by atoms with E-state index in [1.54, 1.807) is 0 Å². The molecule has 11 heavy (non-hydrogen) atoms. The fourth-order valence-corrected chi connectivity index (χ4v) is 0.605. The minimum absolute atomic E-state index is 0. The number of hydrogen-bond acceptors (Lipinski definition) is 3. The van der Waals surface area contributed by atoms with E-state index in [9.17, 15) is 0 Å². The molecule has 0 amide bonds. The van der Waals surface area contributed by atoms with E-state index in [4.69, 9.17) is 5.41 Å². The van der Waals surface area contributed by atoms with Gasteiger partial charge in [-0.2, -0.15) is 0 Å². The van der Waals surface area contributed by atoms with Gasteiger partial charge in [0.25, 0.3) is 0 Å². The summed E-state index contributed by atoms with van der Waals surface area (Å²) in [5.74, 6) is 0. The van der Waals surface area contributed by atoms with Gasteiger partial charge in [0.2, 0.25) is 0 Å². The second-order valence-corrected chi connectivity index (χ2v) is 2.38. The molecule has 0 spiro atoms. The molecule has 0 fully saturated rings. The summed E-state index contributed by atoms with van der Waals surface area (Å²) in [6, 6.07) is 0. The van der Waals surface area contributed by atoms with Gasteiger partial charge >= 0.3 is 0 Å². The van der Waals surface area contributed by atoms with Crippen LogP contribution in [0, 0.1) is 5.41 Å². The van der Waals surface area contributed by atoms with Crippen molar-refractivity contribution < 1.29 is 0 Å². The zero-order valence-corrected chi connectivity index (χ0v) is 7.90. The fraction of sp³-hybridized carbons (Fsp3) is 0.714. The molecule has 0 rings (SSSR count). The van der Waals surface area contributed by atoms with Gasteiger partial charge in [0.15, 0.2) is 0 Å². The minimum atomic E-state index is 0. The summed E-state index contributed by atoms with van der Waals surface area (Å²) >= 11 is 0. The van der Waals surface area contributed by atoms with Gasteiger partial charge in [-0.1, -0.05) is 0 Å². The van der Waals surface area contributed by atoms with Crippen LogP contribution in [0.4, 0.5) is 0 Å². The van der Waals surface area contributed by atoms with Gasteiger partial charge in [-0.15, -0.1) is 12.4 Å². The van der Waals surface area contributed by atoms with Gasteiger partial charge in [-0.25, -0.2) is 0 Å². The Morgan fingerprint density at radius 3 is 2.55 bits per heavy atom. The minimum Gasteiger partial charge on any atom is -0.309 e. The predicted octanol–water partition coefficient (Wildman–Crippen LogP) is 1.08. The first-order valence-corrected chi connectivity index (χ1v) is 3.41. The SMILES string of the molecule is CN(C)CCCN=CC=N.Cl. The van der Waals surface area contributed by atoms with Crippen molar-refractivity contribution in [1.29, 1.82) is 5.41 Å². The highest BCUT2D eigenvalue weighted by Crippen LogP contribution is 1.82. The van der Waals surface area contributed by atoms with Gasteiger partial charge in [0.1, 0.15) is 0 Å². The smallest absolute Gasteiger partial charge is 0.0402 e. The van der Waals surface area contributed by atoms with Crippen LogP contribution in [0.5, 0.6) is 0 Å². The number of nitrogens with one attached hydrogen (secondary N) is 1. The highest BCUT2D eigenvalue weighted by atomic mass is 35.5. The van der Waals surface area contributed by atoms with E-state index in [2.05, 4.69) is 9.89 Å². The summed E-state index contributed by atoms with van der Waals surface area (Å²) in [5, 5.41) is 6.64. The van der Waals surface area contributed by atoms with Crippen LogP contribution in [0.25, 0.3) is 0 Å². The Labute approximate surface area is 74.4 Å². The fourth-order valence-electron chi connectivity index (χ4n) is 0.605. The molecule has 1 N–H and O–H groups in total. The maximum atomic E-state index is 6.64. The molecular formula is C7H16ClN3. The molecule has 0 bridgehead atoms. The van der Waals surface area contributed by atoms with Crippen LogP contribution in [0.2, 0.25) is 0 Å². The summed E-state index contributed by atoms with van der Waals surface area (Å²) < 4.78 is 0. The summed E-state index contributed by atoms with van der Waals surface area (Å²) in [6.07, 6.45) is 3.79. The van der Waals surface area contributed by atoms with Crippen LogP contribution in [0.1, 0.15) is 6.42 Å². The first kappa shape index (κ1) is 13.2. The molecule has 4 heteroatoms. The highest BCUT2D eigenvalue weighted by Gasteiger charge is 1.86. The van der Waals surface area contributed by atoms with Crippen LogP contribution in [-0.4, -0.2) is 44.5 Å². The van der Waals surface area contributed by atoms with E-state index in [1.807, 2.05) is 14.1 Å². The average Bonchev–Trinajstić information content (AvgIpc) is 1.87. The predicted molar refractivity (Wildman–Crippen MR) is 52.6 cm³/mol. The van der Waals surface area contributed by atoms with Crippen LogP contribution in [-0.2, 0) is 0 Å². The zero-order chi connectivity index (χ0) is 7.82. The monoisotopic (exact) mass is 177 g/mol. The quantitative estimate of drug-likeness (QED) is 0.496. The van der Waals surface area contributed by atoms with E-state index in [-0.39, 0.29) is 12.4 Å². The molecule has 0 unspecified atom stereocenters. The van der Waals surface area contributed by atoms with Gasteiger partial charge < -0.3 is 10.3 Å². The molecule has 0 aromatic heterocycles. The second kappa shape index (κ2) is 9.59. The Bertz CT molecular complexity index is 112. The van der Waals surface area contributed by atoms with Gasteiger partial charge in [-0.3, -0.25) is 4.99 Å². The lowest BCUT2D eigenvalue weighted by atomic mass is 10.4. The van der Waals surface area contributed by atoms with Crippen molar-refractivity contribution in [2.75, 3.05) is 27.2 Å². The molecule has 3 nitrogen and oxygen atoms in total. The number of nitrogens with zero attached hydrogens (tertiary/aromatic N) is 2. The summed E-state index contributed by atoms with van der Waals surface area (Å²) in [5.41, 5.74) is 0. The van der Waals surface area contributed by atoms with E-state index in [0.717, 1.165) is 19.5 Å². The lowest BCUT2D eigenvalue weighted by Gasteiger charge is -2.06. The molecule has 0 aromatic carbocycles. The van der Waals surface area contributed by atoms with E-state index in [1.165, 1.54) is 12.4 Å². The standard InChI is InChI=1S/C7H15N3.ClH/c1-10(2)7-3-5-9-6-4-8;/h4,6,8H,3,5,7H2,1-2H3;1H. The average molecular weight is 178 g/mol. The van der Waals surface area contributed by atoms with Gasteiger partial charge in [0, 0.05) is 19.0 Å². The third-order valence-electron chi connectivity index (χ3n) is 1.07. The Balaban J connectivity index is 0. The van der Waals surface area contributed by atoms with Crippen LogP contribution in [0.15, 0.2) is 4.99 Å². The van der Waals surface area contributed by atoms with Crippen molar-refractivity contribution in [3.63, 3.8) is 0 Å². The molecule has 0 aliphatic heterocycles. The highest BCUT2D eigenvalue weighted by molar-refractivity contribution is 6.14. The number of aliphatic imine (C=N–C) groups is 1. The Kier molecular flexibility index (Phi) is 11.5. The molecule has 0 aliphatic rings. The normalized spacial score (nSPS) is 10.1. The molecular weight excluding hydrogens is 162 g/mol. The Morgan fingerprint density at radius 1 is 1.45 bits per heavy atom. The molecule has 0 heterocycles. The second-order valence-electron chi connectivity index (χ2n) is 2.38. The molecule has 0 aliphatic carbocycles. The topological polar surface area (TPSA) is 39.5 Å². The first-order chi connectivity index (χ1) is 4.77. The first-order valence-electron chi connectivity index (χ1n) is 3.41. The number of hydrogen-bond donors (Lipinski definition) is 1.